The molecule has 2 rings (SSSR count). The van der Waals surface area contributed by atoms with Crippen molar-refractivity contribution < 1.29 is 4.79 Å². The van der Waals surface area contributed by atoms with Crippen molar-refractivity contribution in [1.82, 2.24) is 15.2 Å². The number of anilines is 1. The van der Waals surface area contributed by atoms with Crippen molar-refractivity contribution in [1.29, 1.82) is 0 Å². The van der Waals surface area contributed by atoms with E-state index in [0.29, 0.717) is 11.0 Å². The minimum Gasteiger partial charge on any atom is -0.295 e. The molecule has 0 saturated heterocycles. The normalized spacial score (nSPS) is 10.1. The molecular formula is C10H9ClN4O. The number of aromatic nitrogens is 3. The zero-order chi connectivity index (χ0) is 11.4. The molecule has 1 heterocycles. The third-order valence-corrected chi connectivity index (χ3v) is 2.16. The van der Waals surface area contributed by atoms with Gasteiger partial charge in [-0.2, -0.15) is 10.1 Å². The number of carbonyl (C=O) groups is 1. The summed E-state index contributed by atoms with van der Waals surface area (Å²) in [6.45, 7) is 0. The van der Waals surface area contributed by atoms with E-state index in [1.165, 1.54) is 6.33 Å². The lowest BCUT2D eigenvalue weighted by Crippen LogP contribution is -2.15. The molecular weight excluding hydrogens is 228 g/mol. The maximum atomic E-state index is 11.5. The molecule has 0 aliphatic rings. The fourth-order valence-electron chi connectivity index (χ4n) is 1.27. The molecule has 0 saturated carbocycles. The first-order valence-corrected chi connectivity index (χ1v) is 5.01. The van der Waals surface area contributed by atoms with E-state index in [1.54, 1.807) is 18.2 Å². The minimum atomic E-state index is -0.168. The highest BCUT2D eigenvalue weighted by molar-refractivity contribution is 6.30. The summed E-state index contributed by atoms with van der Waals surface area (Å²) in [5.41, 5.74) is 0.851. The Balaban J connectivity index is 1.97. The van der Waals surface area contributed by atoms with Gasteiger partial charge in [0.15, 0.2) is 0 Å². The Kier molecular flexibility index (Phi) is 3.16. The van der Waals surface area contributed by atoms with Crippen molar-refractivity contribution in [3.05, 3.63) is 41.2 Å². The van der Waals surface area contributed by atoms with Gasteiger partial charge in [-0.05, 0) is 17.7 Å². The smallest absolute Gasteiger partial charge is 0.231 e. The molecule has 16 heavy (non-hydrogen) atoms. The molecule has 0 fully saturated rings. The van der Waals surface area contributed by atoms with E-state index in [9.17, 15) is 4.79 Å². The number of nitrogens with one attached hydrogen (secondary N) is 2. The molecule has 0 spiro atoms. The summed E-state index contributed by atoms with van der Waals surface area (Å²) in [7, 11) is 0. The molecule has 0 bridgehead atoms. The average molecular weight is 237 g/mol. The average Bonchev–Trinajstić information content (AvgIpc) is 2.70. The first-order valence-electron chi connectivity index (χ1n) is 4.64. The first-order chi connectivity index (χ1) is 7.74. The lowest BCUT2D eigenvalue weighted by atomic mass is 10.1. The van der Waals surface area contributed by atoms with Crippen LogP contribution in [0.1, 0.15) is 5.56 Å². The van der Waals surface area contributed by atoms with Gasteiger partial charge in [0.1, 0.15) is 6.33 Å². The molecule has 1 aromatic heterocycles. The number of amides is 1. The van der Waals surface area contributed by atoms with Gasteiger partial charge < -0.3 is 0 Å². The monoisotopic (exact) mass is 236 g/mol. The van der Waals surface area contributed by atoms with Gasteiger partial charge >= 0.3 is 0 Å². The summed E-state index contributed by atoms with van der Waals surface area (Å²) in [5, 5.41) is 9.36. The summed E-state index contributed by atoms with van der Waals surface area (Å²) < 4.78 is 0. The van der Waals surface area contributed by atoms with E-state index < -0.39 is 0 Å². The Morgan fingerprint density at radius 3 is 3.06 bits per heavy atom. The quantitative estimate of drug-likeness (QED) is 0.851. The Labute approximate surface area is 96.8 Å². The number of halogens is 1. The Morgan fingerprint density at radius 1 is 1.50 bits per heavy atom. The van der Waals surface area contributed by atoms with Crippen LogP contribution < -0.4 is 5.32 Å². The van der Waals surface area contributed by atoms with Crippen LogP contribution in [-0.4, -0.2) is 21.1 Å². The van der Waals surface area contributed by atoms with Crippen LogP contribution in [0, 0.1) is 0 Å². The second kappa shape index (κ2) is 4.76. The summed E-state index contributed by atoms with van der Waals surface area (Å²) in [5.74, 6) is 0.172. The molecule has 0 unspecified atom stereocenters. The lowest BCUT2D eigenvalue weighted by molar-refractivity contribution is -0.115. The SMILES string of the molecule is O=C(Cc1cccc(Cl)c1)Nc1ncn[nH]1. The highest BCUT2D eigenvalue weighted by Gasteiger charge is 2.05. The van der Waals surface area contributed by atoms with Gasteiger partial charge in [-0.15, -0.1) is 0 Å². The molecule has 6 heteroatoms. The molecule has 1 amide bonds. The van der Waals surface area contributed by atoms with Crippen molar-refractivity contribution >= 4 is 23.5 Å². The van der Waals surface area contributed by atoms with Crippen molar-refractivity contribution in [2.24, 2.45) is 0 Å². The van der Waals surface area contributed by atoms with Crippen molar-refractivity contribution in [3.8, 4) is 0 Å². The van der Waals surface area contributed by atoms with Crippen LogP contribution in [0.5, 0.6) is 0 Å². The van der Waals surface area contributed by atoms with Gasteiger partial charge in [-0.1, -0.05) is 23.7 Å². The van der Waals surface area contributed by atoms with E-state index in [1.807, 2.05) is 6.07 Å². The number of nitrogens with zero attached hydrogens (tertiary/aromatic N) is 2. The van der Waals surface area contributed by atoms with Crippen LogP contribution in [0.2, 0.25) is 5.02 Å². The molecule has 1 aromatic carbocycles. The van der Waals surface area contributed by atoms with Crippen LogP contribution in [0.25, 0.3) is 0 Å². The molecule has 0 aliphatic heterocycles. The maximum Gasteiger partial charge on any atom is 0.231 e. The summed E-state index contributed by atoms with van der Waals surface area (Å²) in [6, 6.07) is 7.16. The number of aromatic amines is 1. The second-order valence-electron chi connectivity index (χ2n) is 3.19. The van der Waals surface area contributed by atoms with Gasteiger partial charge in [0.05, 0.1) is 6.42 Å². The van der Waals surface area contributed by atoms with E-state index >= 15 is 0 Å². The molecule has 2 N–H and O–H groups in total. The molecule has 2 aromatic rings. The van der Waals surface area contributed by atoms with E-state index in [4.69, 9.17) is 11.6 Å². The minimum absolute atomic E-state index is 0.168. The highest BCUT2D eigenvalue weighted by Crippen LogP contribution is 2.11. The second-order valence-corrected chi connectivity index (χ2v) is 3.63. The van der Waals surface area contributed by atoms with Gasteiger partial charge in [-0.25, -0.2) is 5.10 Å². The molecule has 5 nitrogen and oxygen atoms in total. The number of hydrogen-bond acceptors (Lipinski definition) is 3. The summed E-state index contributed by atoms with van der Waals surface area (Å²) in [6.07, 6.45) is 1.58. The van der Waals surface area contributed by atoms with Crippen molar-refractivity contribution in [3.63, 3.8) is 0 Å². The predicted octanol–water partition coefficient (Wildman–Crippen LogP) is 1.64. The van der Waals surface area contributed by atoms with Gasteiger partial charge in [0, 0.05) is 5.02 Å². The number of hydrogen-bond donors (Lipinski definition) is 2. The van der Waals surface area contributed by atoms with Crippen LogP contribution >= 0.6 is 11.6 Å². The van der Waals surface area contributed by atoms with Gasteiger partial charge in [0.2, 0.25) is 11.9 Å². The van der Waals surface area contributed by atoms with Crippen LogP contribution in [0.15, 0.2) is 30.6 Å². The molecule has 0 atom stereocenters. The Bertz CT molecular complexity index is 483. The largest absolute Gasteiger partial charge is 0.295 e. The molecule has 82 valence electrons. The topological polar surface area (TPSA) is 70.7 Å². The van der Waals surface area contributed by atoms with Crippen molar-refractivity contribution in [2.75, 3.05) is 5.32 Å². The standard InChI is InChI=1S/C10H9ClN4O/c11-8-3-1-2-7(4-8)5-9(16)14-10-12-6-13-15-10/h1-4,6H,5H2,(H2,12,13,14,15,16). The van der Waals surface area contributed by atoms with Gasteiger partial charge in [0.25, 0.3) is 0 Å². The van der Waals surface area contributed by atoms with Gasteiger partial charge in [-0.3, -0.25) is 10.1 Å². The Morgan fingerprint density at radius 2 is 2.38 bits per heavy atom. The highest BCUT2D eigenvalue weighted by atomic mass is 35.5. The first kappa shape index (κ1) is 10.6. The fourth-order valence-corrected chi connectivity index (χ4v) is 1.49. The summed E-state index contributed by atoms with van der Waals surface area (Å²) >= 11 is 5.81. The molecule has 0 aliphatic carbocycles. The Hall–Kier alpha value is -1.88. The maximum absolute atomic E-state index is 11.5. The fraction of sp³-hybridized carbons (Fsp3) is 0.100. The van der Waals surface area contributed by atoms with Crippen LogP contribution in [0.4, 0.5) is 5.95 Å². The van der Waals surface area contributed by atoms with E-state index in [0.717, 1.165) is 5.56 Å². The van der Waals surface area contributed by atoms with Crippen molar-refractivity contribution in [2.45, 2.75) is 6.42 Å². The summed E-state index contributed by atoms with van der Waals surface area (Å²) in [4.78, 5) is 15.3. The number of rotatable bonds is 3. The van der Waals surface area contributed by atoms with E-state index in [2.05, 4.69) is 20.5 Å². The third-order valence-electron chi connectivity index (χ3n) is 1.93. The molecule has 0 radical (unpaired) electrons. The lowest BCUT2D eigenvalue weighted by Gasteiger charge is -2.02. The number of benzene rings is 1. The third kappa shape index (κ3) is 2.80. The zero-order valence-corrected chi connectivity index (χ0v) is 9.03. The number of H-pyrrole nitrogens is 1. The van der Waals surface area contributed by atoms with Crippen LogP contribution in [-0.2, 0) is 11.2 Å². The number of carbonyl (C=O) groups excluding carboxylic acids is 1. The zero-order valence-electron chi connectivity index (χ0n) is 8.27. The predicted molar refractivity (Wildman–Crippen MR) is 60.2 cm³/mol. The van der Waals surface area contributed by atoms with E-state index in [-0.39, 0.29) is 12.3 Å². The van der Waals surface area contributed by atoms with Crippen LogP contribution in [0.3, 0.4) is 0 Å².